The fraction of sp³-hybridized carbons (Fsp3) is 1.00. The molecule has 0 aliphatic carbocycles. The first-order valence-corrected chi connectivity index (χ1v) is 4.71. The van der Waals surface area contributed by atoms with E-state index in [0.717, 1.165) is 6.42 Å². The Bertz CT molecular complexity index is 160. The van der Waals surface area contributed by atoms with Gasteiger partial charge in [0.25, 0.3) is 0 Å². The minimum atomic E-state index is -0.274. The van der Waals surface area contributed by atoms with Crippen molar-refractivity contribution in [3.8, 4) is 0 Å². The van der Waals surface area contributed by atoms with Gasteiger partial charge in [0.1, 0.15) is 5.60 Å². The Balaban J connectivity index is 2.73. The van der Waals surface area contributed by atoms with Gasteiger partial charge in [-0.25, -0.2) is 9.78 Å². The number of rotatable bonds is 1. The molecular formula is C9H17ClO2. The number of hydrogen-bond acceptors (Lipinski definition) is 2. The summed E-state index contributed by atoms with van der Waals surface area (Å²) in [4.78, 5) is 9.94. The van der Waals surface area contributed by atoms with Crippen molar-refractivity contribution in [2.24, 2.45) is 5.92 Å². The maximum absolute atomic E-state index is 6.26. The van der Waals surface area contributed by atoms with Crippen LogP contribution >= 0.6 is 11.6 Å². The third-order valence-corrected chi connectivity index (χ3v) is 2.69. The van der Waals surface area contributed by atoms with Crippen LogP contribution in [0, 0.1) is 5.92 Å². The molecule has 12 heavy (non-hydrogen) atoms. The molecule has 0 aromatic carbocycles. The van der Waals surface area contributed by atoms with E-state index in [1.165, 1.54) is 0 Å². The van der Waals surface area contributed by atoms with Gasteiger partial charge in [0.2, 0.25) is 0 Å². The van der Waals surface area contributed by atoms with Crippen LogP contribution in [-0.4, -0.2) is 17.1 Å². The van der Waals surface area contributed by atoms with Gasteiger partial charge in [-0.15, -0.1) is 11.6 Å². The molecule has 0 N–H and O–H groups in total. The maximum atomic E-state index is 6.26. The summed E-state index contributed by atoms with van der Waals surface area (Å²) in [6, 6.07) is 0. The summed E-state index contributed by atoms with van der Waals surface area (Å²) < 4.78 is 0. The lowest BCUT2D eigenvalue weighted by Gasteiger charge is -2.42. The normalized spacial score (nSPS) is 30.2. The van der Waals surface area contributed by atoms with Crippen LogP contribution in [0.1, 0.15) is 34.1 Å². The van der Waals surface area contributed by atoms with E-state index in [4.69, 9.17) is 21.4 Å². The predicted octanol–water partition coefficient (Wildman–Crippen LogP) is 2.75. The SMILES string of the molecule is CC(C)(Cl)C1CCOOC1(C)C. The van der Waals surface area contributed by atoms with Gasteiger partial charge in [0.15, 0.2) is 0 Å². The molecule has 0 radical (unpaired) electrons. The molecule has 1 unspecified atom stereocenters. The van der Waals surface area contributed by atoms with Crippen LogP contribution in [0.25, 0.3) is 0 Å². The minimum Gasteiger partial charge on any atom is -0.236 e. The molecule has 0 spiro atoms. The lowest BCUT2D eigenvalue weighted by atomic mass is 9.79. The topological polar surface area (TPSA) is 18.5 Å². The molecule has 1 rings (SSSR count). The standard InChI is InChI=1S/C9H17ClO2/c1-8(2,10)7-5-6-11-12-9(7,3)4/h7H,5-6H2,1-4H3. The predicted molar refractivity (Wildman–Crippen MR) is 49.2 cm³/mol. The Hall–Kier alpha value is 0.210. The van der Waals surface area contributed by atoms with Crippen LogP contribution in [0.5, 0.6) is 0 Å². The first-order chi connectivity index (χ1) is 5.34. The Kier molecular flexibility index (Phi) is 2.72. The average Bonchev–Trinajstić information content (AvgIpc) is 1.83. The van der Waals surface area contributed by atoms with Crippen LogP contribution in [0.15, 0.2) is 0 Å². The molecule has 0 amide bonds. The molecule has 3 heteroatoms. The maximum Gasteiger partial charge on any atom is 0.102 e. The summed E-state index contributed by atoms with van der Waals surface area (Å²) in [6.07, 6.45) is 0.962. The van der Waals surface area contributed by atoms with E-state index in [0.29, 0.717) is 12.5 Å². The quantitative estimate of drug-likeness (QED) is 0.470. The van der Waals surface area contributed by atoms with Crippen LogP contribution in [0.2, 0.25) is 0 Å². The van der Waals surface area contributed by atoms with E-state index in [1.54, 1.807) is 0 Å². The molecule has 0 saturated carbocycles. The van der Waals surface area contributed by atoms with E-state index in [9.17, 15) is 0 Å². The Morgan fingerprint density at radius 3 is 2.33 bits per heavy atom. The van der Waals surface area contributed by atoms with Crippen molar-refractivity contribution < 1.29 is 9.78 Å². The Labute approximate surface area is 79.1 Å². The molecule has 0 aromatic heterocycles. The van der Waals surface area contributed by atoms with E-state index >= 15 is 0 Å². The highest BCUT2D eigenvalue weighted by Crippen LogP contribution is 2.40. The molecular weight excluding hydrogens is 176 g/mol. The van der Waals surface area contributed by atoms with E-state index in [2.05, 4.69) is 0 Å². The average molecular weight is 193 g/mol. The fourth-order valence-electron chi connectivity index (χ4n) is 1.93. The highest BCUT2D eigenvalue weighted by atomic mass is 35.5. The highest BCUT2D eigenvalue weighted by molar-refractivity contribution is 6.23. The van der Waals surface area contributed by atoms with Crippen molar-refractivity contribution in [1.29, 1.82) is 0 Å². The summed E-state index contributed by atoms with van der Waals surface area (Å²) in [5.74, 6) is 0.334. The second-order valence-corrected chi connectivity index (χ2v) is 5.39. The lowest BCUT2D eigenvalue weighted by molar-refractivity contribution is -0.391. The van der Waals surface area contributed by atoms with Crippen molar-refractivity contribution in [1.82, 2.24) is 0 Å². The lowest BCUT2D eigenvalue weighted by Crippen LogP contribution is -2.47. The van der Waals surface area contributed by atoms with Gasteiger partial charge < -0.3 is 0 Å². The summed E-state index contributed by atoms with van der Waals surface area (Å²) in [5, 5.41) is 0. The number of alkyl halides is 1. The largest absolute Gasteiger partial charge is 0.236 e. The Morgan fingerprint density at radius 2 is 2.00 bits per heavy atom. The van der Waals surface area contributed by atoms with Gasteiger partial charge in [0, 0.05) is 10.8 Å². The van der Waals surface area contributed by atoms with Gasteiger partial charge in [-0.3, -0.25) is 0 Å². The molecule has 1 heterocycles. The van der Waals surface area contributed by atoms with Crippen molar-refractivity contribution in [2.45, 2.75) is 44.6 Å². The Morgan fingerprint density at radius 1 is 1.42 bits per heavy atom. The number of halogens is 1. The second kappa shape index (κ2) is 3.17. The minimum absolute atomic E-state index is 0.229. The summed E-state index contributed by atoms with van der Waals surface area (Å²) in [7, 11) is 0. The summed E-state index contributed by atoms with van der Waals surface area (Å²) in [5.41, 5.74) is -0.274. The van der Waals surface area contributed by atoms with Crippen LogP contribution in [0.3, 0.4) is 0 Å². The number of hydrogen-bond donors (Lipinski definition) is 0. The molecule has 1 saturated heterocycles. The van der Waals surface area contributed by atoms with Gasteiger partial charge >= 0.3 is 0 Å². The molecule has 1 aliphatic heterocycles. The smallest absolute Gasteiger partial charge is 0.102 e. The third-order valence-electron chi connectivity index (χ3n) is 2.43. The van der Waals surface area contributed by atoms with E-state index in [-0.39, 0.29) is 10.5 Å². The highest BCUT2D eigenvalue weighted by Gasteiger charge is 2.43. The van der Waals surface area contributed by atoms with Crippen LogP contribution in [-0.2, 0) is 9.78 Å². The van der Waals surface area contributed by atoms with Crippen molar-refractivity contribution in [2.75, 3.05) is 6.61 Å². The second-order valence-electron chi connectivity index (χ2n) is 4.41. The molecule has 0 bridgehead atoms. The fourth-order valence-corrected chi connectivity index (χ4v) is 2.31. The van der Waals surface area contributed by atoms with E-state index < -0.39 is 0 Å². The van der Waals surface area contributed by atoms with Gasteiger partial charge in [-0.2, -0.15) is 0 Å². The van der Waals surface area contributed by atoms with Crippen molar-refractivity contribution in [3.63, 3.8) is 0 Å². The third kappa shape index (κ3) is 2.12. The zero-order valence-corrected chi connectivity index (χ0v) is 8.94. The van der Waals surface area contributed by atoms with Gasteiger partial charge in [-0.1, -0.05) is 0 Å². The zero-order valence-electron chi connectivity index (χ0n) is 8.19. The summed E-state index contributed by atoms with van der Waals surface area (Å²) in [6.45, 7) is 8.72. The van der Waals surface area contributed by atoms with Gasteiger partial charge in [0.05, 0.1) is 6.61 Å². The first kappa shape index (κ1) is 10.3. The molecule has 1 atom stereocenters. The van der Waals surface area contributed by atoms with Crippen LogP contribution < -0.4 is 0 Å². The summed E-state index contributed by atoms with van der Waals surface area (Å²) >= 11 is 6.26. The van der Waals surface area contributed by atoms with E-state index in [1.807, 2.05) is 27.7 Å². The molecule has 0 aromatic rings. The first-order valence-electron chi connectivity index (χ1n) is 4.33. The molecule has 2 nitrogen and oxygen atoms in total. The van der Waals surface area contributed by atoms with Gasteiger partial charge in [-0.05, 0) is 34.1 Å². The molecule has 72 valence electrons. The monoisotopic (exact) mass is 192 g/mol. The van der Waals surface area contributed by atoms with Crippen molar-refractivity contribution in [3.05, 3.63) is 0 Å². The van der Waals surface area contributed by atoms with Crippen LogP contribution in [0.4, 0.5) is 0 Å². The molecule has 1 aliphatic rings. The van der Waals surface area contributed by atoms with Crippen molar-refractivity contribution >= 4 is 11.6 Å². The zero-order chi connectivity index (χ0) is 9.41. The molecule has 1 fully saturated rings.